The normalized spacial score (nSPS) is 18.1. The molecule has 20 heavy (non-hydrogen) atoms. The summed E-state index contributed by atoms with van der Waals surface area (Å²) in [5.74, 6) is 0. The highest BCUT2D eigenvalue weighted by Gasteiger charge is 2.32. The number of hydrogen-bond donors (Lipinski definition) is 2. The van der Waals surface area contributed by atoms with Crippen LogP contribution >= 0.6 is 0 Å². The fraction of sp³-hybridized carbons (Fsp3) is 0.545. The summed E-state index contributed by atoms with van der Waals surface area (Å²) in [6, 6.07) is 1.37. The molecule has 0 saturated carbocycles. The van der Waals surface area contributed by atoms with Crippen molar-refractivity contribution in [2.24, 2.45) is 0 Å². The standard InChI is InChI=1S/C11H14F3N3O2S/c12-11(13,14)10-2-1-9(7-16-10)20(18,19)17-8-3-5-15-6-4-8/h1-2,7-8,15,17H,3-6H2. The number of alkyl halides is 3. The van der Waals surface area contributed by atoms with Gasteiger partial charge in [-0.15, -0.1) is 0 Å². The molecule has 0 atom stereocenters. The van der Waals surface area contributed by atoms with Crippen molar-refractivity contribution in [2.45, 2.75) is 30.0 Å². The van der Waals surface area contributed by atoms with Crippen LogP contribution in [0.15, 0.2) is 23.2 Å². The Bertz CT molecular complexity index is 551. The molecule has 0 aliphatic carbocycles. The molecule has 0 unspecified atom stereocenters. The number of nitrogens with zero attached hydrogens (tertiary/aromatic N) is 1. The number of nitrogens with one attached hydrogen (secondary N) is 2. The first-order valence-corrected chi connectivity index (χ1v) is 7.54. The maximum atomic E-state index is 12.4. The third kappa shape index (κ3) is 3.68. The minimum atomic E-state index is -4.58. The molecular weight excluding hydrogens is 295 g/mol. The summed E-state index contributed by atoms with van der Waals surface area (Å²) in [5.41, 5.74) is -1.11. The number of hydrogen-bond acceptors (Lipinski definition) is 4. The van der Waals surface area contributed by atoms with E-state index in [-0.39, 0.29) is 10.9 Å². The number of pyridine rings is 1. The second-order valence-electron chi connectivity index (χ2n) is 4.52. The number of halogens is 3. The molecule has 1 aromatic heterocycles. The summed E-state index contributed by atoms with van der Waals surface area (Å²) >= 11 is 0. The maximum Gasteiger partial charge on any atom is 0.433 e. The lowest BCUT2D eigenvalue weighted by Crippen LogP contribution is -2.42. The summed E-state index contributed by atoms with van der Waals surface area (Å²) in [5, 5.41) is 3.09. The van der Waals surface area contributed by atoms with Gasteiger partial charge in [0.15, 0.2) is 0 Å². The van der Waals surface area contributed by atoms with E-state index in [9.17, 15) is 21.6 Å². The average molecular weight is 309 g/mol. The molecule has 0 bridgehead atoms. The molecule has 0 amide bonds. The molecule has 9 heteroatoms. The van der Waals surface area contributed by atoms with E-state index >= 15 is 0 Å². The Labute approximate surface area is 114 Å². The van der Waals surface area contributed by atoms with Crippen LogP contribution in [0.25, 0.3) is 0 Å². The molecular formula is C11H14F3N3O2S. The topological polar surface area (TPSA) is 71.1 Å². The van der Waals surface area contributed by atoms with Crippen molar-refractivity contribution in [3.05, 3.63) is 24.0 Å². The van der Waals surface area contributed by atoms with Crippen LogP contribution in [0.5, 0.6) is 0 Å². The first-order valence-electron chi connectivity index (χ1n) is 6.05. The molecule has 1 aliphatic heterocycles. The molecule has 1 saturated heterocycles. The first kappa shape index (κ1) is 15.2. The van der Waals surface area contributed by atoms with Gasteiger partial charge in [-0.05, 0) is 38.1 Å². The zero-order chi connectivity index (χ0) is 14.8. The van der Waals surface area contributed by atoms with Crippen LogP contribution in [0, 0.1) is 0 Å². The van der Waals surface area contributed by atoms with Crippen molar-refractivity contribution in [1.82, 2.24) is 15.0 Å². The smallest absolute Gasteiger partial charge is 0.317 e. The third-order valence-electron chi connectivity index (χ3n) is 3.00. The summed E-state index contributed by atoms with van der Waals surface area (Å²) in [6.45, 7) is 1.41. The van der Waals surface area contributed by atoms with E-state index in [1.54, 1.807) is 0 Å². The molecule has 1 aromatic rings. The van der Waals surface area contributed by atoms with E-state index in [1.807, 2.05) is 0 Å². The zero-order valence-electron chi connectivity index (χ0n) is 10.4. The number of sulfonamides is 1. The molecule has 0 spiro atoms. The predicted molar refractivity (Wildman–Crippen MR) is 65.5 cm³/mol. The van der Waals surface area contributed by atoms with Gasteiger partial charge in [0.1, 0.15) is 10.6 Å². The molecule has 2 rings (SSSR count). The van der Waals surface area contributed by atoms with Gasteiger partial charge in [-0.3, -0.25) is 4.98 Å². The zero-order valence-corrected chi connectivity index (χ0v) is 11.3. The van der Waals surface area contributed by atoms with Gasteiger partial charge in [-0.25, -0.2) is 13.1 Å². The Hall–Kier alpha value is -1.19. The quantitative estimate of drug-likeness (QED) is 0.878. The van der Waals surface area contributed by atoms with Gasteiger partial charge >= 0.3 is 6.18 Å². The minimum Gasteiger partial charge on any atom is -0.317 e. The molecule has 5 nitrogen and oxygen atoms in total. The Morgan fingerprint density at radius 2 is 1.90 bits per heavy atom. The molecule has 2 N–H and O–H groups in total. The van der Waals surface area contributed by atoms with Crippen molar-refractivity contribution in [2.75, 3.05) is 13.1 Å². The van der Waals surface area contributed by atoms with Crippen LogP contribution in [-0.2, 0) is 16.2 Å². The lowest BCUT2D eigenvalue weighted by molar-refractivity contribution is -0.141. The molecule has 0 aromatic carbocycles. The molecule has 1 aliphatic rings. The third-order valence-corrected chi connectivity index (χ3v) is 4.50. The van der Waals surface area contributed by atoms with Gasteiger partial charge < -0.3 is 5.32 Å². The van der Waals surface area contributed by atoms with Crippen molar-refractivity contribution >= 4 is 10.0 Å². The van der Waals surface area contributed by atoms with E-state index in [0.717, 1.165) is 12.3 Å². The molecule has 2 heterocycles. The fourth-order valence-electron chi connectivity index (χ4n) is 1.93. The lowest BCUT2D eigenvalue weighted by Gasteiger charge is -2.23. The van der Waals surface area contributed by atoms with Gasteiger partial charge in [0.25, 0.3) is 0 Å². The second-order valence-corrected chi connectivity index (χ2v) is 6.24. The highest BCUT2D eigenvalue weighted by molar-refractivity contribution is 7.89. The van der Waals surface area contributed by atoms with Crippen molar-refractivity contribution in [3.63, 3.8) is 0 Å². The number of rotatable bonds is 3. The highest BCUT2D eigenvalue weighted by atomic mass is 32.2. The van der Waals surface area contributed by atoms with Gasteiger partial charge in [0.05, 0.1) is 0 Å². The van der Waals surface area contributed by atoms with E-state index in [0.29, 0.717) is 32.0 Å². The van der Waals surface area contributed by atoms with Gasteiger partial charge in [0, 0.05) is 12.2 Å². The predicted octanol–water partition coefficient (Wildman–Crippen LogP) is 1.13. The Morgan fingerprint density at radius 3 is 2.40 bits per heavy atom. The SMILES string of the molecule is O=S(=O)(NC1CCNCC1)c1ccc(C(F)(F)F)nc1. The van der Waals surface area contributed by atoms with E-state index < -0.39 is 21.9 Å². The van der Waals surface area contributed by atoms with Crippen LogP contribution in [0.2, 0.25) is 0 Å². The van der Waals surface area contributed by atoms with Crippen molar-refractivity contribution < 1.29 is 21.6 Å². The largest absolute Gasteiger partial charge is 0.433 e. The van der Waals surface area contributed by atoms with Gasteiger partial charge in [-0.2, -0.15) is 13.2 Å². The monoisotopic (exact) mass is 309 g/mol. The summed E-state index contributed by atoms with van der Waals surface area (Å²) in [4.78, 5) is 2.89. The van der Waals surface area contributed by atoms with Crippen LogP contribution in [-0.4, -0.2) is 32.5 Å². The average Bonchev–Trinajstić information content (AvgIpc) is 2.38. The summed E-state index contributed by atoms with van der Waals surface area (Å²) in [6.07, 6.45) is -2.56. The lowest BCUT2D eigenvalue weighted by atomic mass is 10.1. The molecule has 1 fully saturated rings. The van der Waals surface area contributed by atoms with E-state index in [4.69, 9.17) is 0 Å². The van der Waals surface area contributed by atoms with Gasteiger partial charge in [0.2, 0.25) is 10.0 Å². The Morgan fingerprint density at radius 1 is 1.25 bits per heavy atom. The summed E-state index contributed by atoms with van der Waals surface area (Å²) < 4.78 is 63.6. The number of aromatic nitrogens is 1. The fourth-order valence-corrected chi connectivity index (χ4v) is 3.18. The van der Waals surface area contributed by atoms with Crippen LogP contribution in [0.1, 0.15) is 18.5 Å². The second kappa shape index (κ2) is 5.66. The van der Waals surface area contributed by atoms with Crippen molar-refractivity contribution in [1.29, 1.82) is 0 Å². The molecule has 0 radical (unpaired) electrons. The van der Waals surface area contributed by atoms with E-state index in [1.165, 1.54) is 0 Å². The Kier molecular flexibility index (Phi) is 4.31. The van der Waals surface area contributed by atoms with E-state index in [2.05, 4.69) is 15.0 Å². The summed E-state index contributed by atoms with van der Waals surface area (Å²) in [7, 11) is -3.83. The maximum absolute atomic E-state index is 12.4. The van der Waals surface area contributed by atoms with Crippen LogP contribution < -0.4 is 10.0 Å². The van der Waals surface area contributed by atoms with Crippen LogP contribution in [0.3, 0.4) is 0 Å². The minimum absolute atomic E-state index is 0.205. The highest BCUT2D eigenvalue weighted by Crippen LogP contribution is 2.27. The van der Waals surface area contributed by atoms with Gasteiger partial charge in [-0.1, -0.05) is 0 Å². The first-order chi connectivity index (χ1) is 9.29. The Balaban J connectivity index is 2.13. The molecule has 112 valence electrons. The van der Waals surface area contributed by atoms with Crippen LogP contribution in [0.4, 0.5) is 13.2 Å². The number of piperidine rings is 1. The van der Waals surface area contributed by atoms with Crippen molar-refractivity contribution in [3.8, 4) is 0 Å².